The van der Waals surface area contributed by atoms with Gasteiger partial charge in [-0.05, 0) is 19.2 Å². The predicted molar refractivity (Wildman–Crippen MR) is 62.1 cm³/mol. The first-order valence-electron chi connectivity index (χ1n) is 5.45. The van der Waals surface area contributed by atoms with Crippen LogP contribution in [-0.4, -0.2) is 38.2 Å². The molecule has 2 N–H and O–H groups in total. The van der Waals surface area contributed by atoms with Gasteiger partial charge >= 0.3 is 0 Å². The minimum Gasteiger partial charge on any atom is -0.368 e. The molecule has 0 saturated carbocycles. The highest BCUT2D eigenvalue weighted by atomic mass is 15.2. The first kappa shape index (κ1) is 10.4. The largest absolute Gasteiger partial charge is 0.368 e. The number of nitrogens with zero attached hydrogens (tertiary/aromatic N) is 2. The van der Waals surface area contributed by atoms with Gasteiger partial charge in [0.05, 0.1) is 17.6 Å². The summed E-state index contributed by atoms with van der Waals surface area (Å²) in [6, 6.07) is 4.25. The van der Waals surface area contributed by atoms with E-state index in [4.69, 9.17) is 0 Å². The summed E-state index contributed by atoms with van der Waals surface area (Å²) < 4.78 is 0. The molecule has 1 fully saturated rings. The van der Waals surface area contributed by atoms with E-state index in [0.717, 1.165) is 38.4 Å². The lowest BCUT2D eigenvalue weighted by Gasteiger charge is -2.29. The molecule has 0 aliphatic carbocycles. The van der Waals surface area contributed by atoms with Crippen LogP contribution in [0.5, 0.6) is 0 Å². The SMILES string of the molecule is CNCc1ccc(N2CCNCC2)cn1. The van der Waals surface area contributed by atoms with Gasteiger partial charge in [0.15, 0.2) is 0 Å². The van der Waals surface area contributed by atoms with Crippen LogP contribution in [0, 0.1) is 0 Å². The fraction of sp³-hybridized carbons (Fsp3) is 0.545. The van der Waals surface area contributed by atoms with E-state index in [9.17, 15) is 0 Å². The lowest BCUT2D eigenvalue weighted by molar-refractivity contribution is 0.588. The molecule has 1 aliphatic heterocycles. The average Bonchev–Trinajstić information content (AvgIpc) is 2.32. The van der Waals surface area contributed by atoms with Crippen molar-refractivity contribution in [3.8, 4) is 0 Å². The Kier molecular flexibility index (Phi) is 3.53. The van der Waals surface area contributed by atoms with Crippen molar-refractivity contribution in [1.82, 2.24) is 15.6 Å². The summed E-state index contributed by atoms with van der Waals surface area (Å²) in [5.41, 5.74) is 2.33. The molecule has 0 amide bonds. The highest BCUT2D eigenvalue weighted by Crippen LogP contribution is 2.13. The molecular weight excluding hydrogens is 188 g/mol. The Morgan fingerprint density at radius 3 is 2.80 bits per heavy atom. The first-order valence-corrected chi connectivity index (χ1v) is 5.45. The van der Waals surface area contributed by atoms with Crippen molar-refractivity contribution in [2.75, 3.05) is 38.1 Å². The Balaban J connectivity index is 2.02. The summed E-state index contributed by atoms with van der Waals surface area (Å²) in [6.45, 7) is 5.12. The maximum absolute atomic E-state index is 4.42. The molecule has 0 aromatic carbocycles. The molecule has 0 bridgehead atoms. The van der Waals surface area contributed by atoms with Gasteiger partial charge in [0.2, 0.25) is 0 Å². The van der Waals surface area contributed by atoms with Gasteiger partial charge in [-0.1, -0.05) is 0 Å². The maximum Gasteiger partial charge on any atom is 0.0553 e. The number of hydrogen-bond donors (Lipinski definition) is 2. The number of hydrogen-bond acceptors (Lipinski definition) is 4. The zero-order valence-electron chi connectivity index (χ0n) is 9.16. The van der Waals surface area contributed by atoms with Crippen molar-refractivity contribution in [1.29, 1.82) is 0 Å². The molecule has 4 nitrogen and oxygen atoms in total. The highest BCUT2D eigenvalue weighted by molar-refractivity contribution is 5.45. The molecular formula is C11H18N4. The second kappa shape index (κ2) is 5.09. The van der Waals surface area contributed by atoms with Crippen LogP contribution in [0.4, 0.5) is 5.69 Å². The summed E-state index contributed by atoms with van der Waals surface area (Å²) in [7, 11) is 1.94. The van der Waals surface area contributed by atoms with Crippen LogP contribution >= 0.6 is 0 Å². The van der Waals surface area contributed by atoms with Gasteiger partial charge in [0.25, 0.3) is 0 Å². The lowest BCUT2D eigenvalue weighted by atomic mass is 10.3. The molecule has 1 saturated heterocycles. The summed E-state index contributed by atoms with van der Waals surface area (Å²) in [4.78, 5) is 6.79. The zero-order chi connectivity index (χ0) is 10.5. The van der Waals surface area contributed by atoms with E-state index in [1.807, 2.05) is 13.2 Å². The summed E-state index contributed by atoms with van der Waals surface area (Å²) in [5.74, 6) is 0. The van der Waals surface area contributed by atoms with Crippen molar-refractivity contribution in [2.24, 2.45) is 0 Å². The third-order valence-corrected chi connectivity index (χ3v) is 2.65. The van der Waals surface area contributed by atoms with E-state index in [1.165, 1.54) is 5.69 Å². The second-order valence-corrected chi connectivity index (χ2v) is 3.78. The summed E-state index contributed by atoms with van der Waals surface area (Å²) in [5, 5.41) is 6.44. The van der Waals surface area contributed by atoms with Gasteiger partial charge in [-0.25, -0.2) is 0 Å². The molecule has 1 aliphatic rings. The van der Waals surface area contributed by atoms with E-state index < -0.39 is 0 Å². The molecule has 0 radical (unpaired) electrons. The predicted octanol–water partition coefficient (Wildman–Crippen LogP) is 0.211. The third-order valence-electron chi connectivity index (χ3n) is 2.65. The molecule has 2 heterocycles. The molecule has 1 aromatic rings. The Hall–Kier alpha value is -1.13. The number of nitrogens with one attached hydrogen (secondary N) is 2. The third kappa shape index (κ3) is 2.67. The van der Waals surface area contributed by atoms with Crippen LogP contribution in [0.3, 0.4) is 0 Å². The number of piperazine rings is 1. The van der Waals surface area contributed by atoms with Crippen molar-refractivity contribution in [3.63, 3.8) is 0 Å². The van der Waals surface area contributed by atoms with Gasteiger partial charge in [-0.3, -0.25) is 4.98 Å². The van der Waals surface area contributed by atoms with Gasteiger partial charge < -0.3 is 15.5 Å². The molecule has 15 heavy (non-hydrogen) atoms. The van der Waals surface area contributed by atoms with Crippen LogP contribution in [0.25, 0.3) is 0 Å². The molecule has 1 aromatic heterocycles. The van der Waals surface area contributed by atoms with Crippen LogP contribution < -0.4 is 15.5 Å². The second-order valence-electron chi connectivity index (χ2n) is 3.78. The van der Waals surface area contributed by atoms with Crippen LogP contribution in [0.1, 0.15) is 5.69 Å². The van der Waals surface area contributed by atoms with E-state index in [0.29, 0.717) is 0 Å². The topological polar surface area (TPSA) is 40.2 Å². The van der Waals surface area contributed by atoms with Gasteiger partial charge in [0, 0.05) is 32.7 Å². The van der Waals surface area contributed by atoms with Crippen molar-refractivity contribution in [2.45, 2.75) is 6.54 Å². The number of rotatable bonds is 3. The standard InChI is InChI=1S/C11H18N4/c1-12-8-10-2-3-11(9-14-10)15-6-4-13-5-7-15/h2-3,9,12-13H,4-8H2,1H3. The Bertz CT molecular complexity index is 290. The zero-order valence-corrected chi connectivity index (χ0v) is 9.16. The van der Waals surface area contributed by atoms with E-state index in [-0.39, 0.29) is 0 Å². The molecule has 0 spiro atoms. The molecule has 0 atom stereocenters. The monoisotopic (exact) mass is 206 g/mol. The van der Waals surface area contributed by atoms with E-state index >= 15 is 0 Å². The molecule has 0 unspecified atom stereocenters. The molecule has 82 valence electrons. The minimum absolute atomic E-state index is 0.835. The maximum atomic E-state index is 4.42. The van der Waals surface area contributed by atoms with Crippen molar-refractivity contribution >= 4 is 5.69 Å². The summed E-state index contributed by atoms with van der Waals surface area (Å²) in [6.07, 6.45) is 1.97. The van der Waals surface area contributed by atoms with Crippen LogP contribution in [-0.2, 0) is 6.54 Å². The van der Waals surface area contributed by atoms with Gasteiger partial charge in [-0.15, -0.1) is 0 Å². The fourth-order valence-electron chi connectivity index (χ4n) is 1.81. The Morgan fingerprint density at radius 1 is 1.40 bits per heavy atom. The Morgan fingerprint density at radius 2 is 2.20 bits per heavy atom. The van der Waals surface area contributed by atoms with Gasteiger partial charge in [-0.2, -0.15) is 0 Å². The summed E-state index contributed by atoms with van der Waals surface area (Å²) >= 11 is 0. The fourth-order valence-corrected chi connectivity index (χ4v) is 1.81. The minimum atomic E-state index is 0.835. The highest BCUT2D eigenvalue weighted by Gasteiger charge is 2.09. The van der Waals surface area contributed by atoms with Gasteiger partial charge in [0.1, 0.15) is 0 Å². The van der Waals surface area contributed by atoms with Crippen molar-refractivity contribution in [3.05, 3.63) is 24.0 Å². The van der Waals surface area contributed by atoms with E-state index in [1.54, 1.807) is 0 Å². The quantitative estimate of drug-likeness (QED) is 0.742. The number of aromatic nitrogens is 1. The smallest absolute Gasteiger partial charge is 0.0553 e. The normalized spacial score (nSPS) is 16.7. The number of pyridine rings is 1. The van der Waals surface area contributed by atoms with Crippen LogP contribution in [0.2, 0.25) is 0 Å². The van der Waals surface area contributed by atoms with Crippen LogP contribution in [0.15, 0.2) is 18.3 Å². The van der Waals surface area contributed by atoms with E-state index in [2.05, 4.69) is 32.7 Å². The molecule has 4 heteroatoms. The average molecular weight is 206 g/mol. The Labute approximate surface area is 90.7 Å². The number of anilines is 1. The molecule has 2 rings (SSSR count). The van der Waals surface area contributed by atoms with Crippen molar-refractivity contribution < 1.29 is 0 Å². The lowest BCUT2D eigenvalue weighted by Crippen LogP contribution is -2.43. The first-order chi connectivity index (χ1) is 7.40.